The highest BCUT2D eigenvalue weighted by Gasteiger charge is 2.44. The van der Waals surface area contributed by atoms with Gasteiger partial charge in [-0.25, -0.2) is 9.97 Å². The van der Waals surface area contributed by atoms with Crippen molar-refractivity contribution >= 4 is 17.8 Å². The first-order chi connectivity index (χ1) is 13.5. The predicted molar refractivity (Wildman–Crippen MR) is 97.5 cm³/mol. The lowest BCUT2D eigenvalue weighted by atomic mass is 9.76. The van der Waals surface area contributed by atoms with Gasteiger partial charge in [-0.15, -0.1) is 0 Å². The molecule has 1 aromatic rings. The van der Waals surface area contributed by atoms with Crippen molar-refractivity contribution in [3.63, 3.8) is 0 Å². The van der Waals surface area contributed by atoms with Gasteiger partial charge in [-0.05, 0) is 24.3 Å². The molecule has 2 aliphatic heterocycles. The molecular weight excluding hydrogens is 330 g/mol. The number of aromatic nitrogens is 2. The molecule has 3 fully saturated rings. The Balaban J connectivity index is 1.36. The van der Waals surface area contributed by atoms with Gasteiger partial charge in [-0.1, -0.05) is 12.8 Å². The van der Waals surface area contributed by atoms with E-state index in [0.29, 0.717) is 45.0 Å². The third-order valence-electron chi connectivity index (χ3n) is 5.83. The first-order valence-corrected chi connectivity index (χ1v) is 9.45. The number of carbonyl (C=O) groups excluding carboxylic acids is 2. The lowest BCUT2D eigenvalue weighted by Gasteiger charge is -2.39. The summed E-state index contributed by atoms with van der Waals surface area (Å²) in [5.74, 6) is 0.118. The molecule has 140 valence electrons. The average Bonchev–Trinajstić information content (AvgIpc) is 3.14. The van der Waals surface area contributed by atoms with Crippen LogP contribution in [0, 0.1) is 5.41 Å². The summed E-state index contributed by atoms with van der Waals surface area (Å²) in [5, 5.41) is 0. The van der Waals surface area contributed by atoms with Crippen LogP contribution in [0.2, 0.25) is 0 Å². The number of rotatable bonds is 4. The Labute approximate surface area is 157 Å². The Morgan fingerprint density at radius 2 is 1.58 bits per heavy atom. The molecule has 0 radical (unpaired) electrons. The van der Waals surface area contributed by atoms with Gasteiger partial charge in [0, 0.05) is 65.8 Å². The number of piperazine rings is 1. The second-order valence-electron chi connectivity index (χ2n) is 7.59. The zero-order chi connectivity index (χ0) is 19.7. The van der Waals surface area contributed by atoms with Crippen molar-refractivity contribution in [1.29, 1.82) is 0 Å². The Morgan fingerprint density at radius 3 is 2.19 bits per heavy atom. The van der Waals surface area contributed by atoms with Crippen LogP contribution in [0.1, 0.15) is 41.3 Å². The molecule has 3 heterocycles. The van der Waals surface area contributed by atoms with E-state index in [1.54, 1.807) is 18.5 Å². The van der Waals surface area contributed by atoms with Crippen LogP contribution in [0.4, 0.5) is 5.95 Å². The number of hydrogen-bond donors (Lipinski definition) is 0. The molecule has 2 unspecified atom stereocenters. The molecule has 1 spiro atoms. The summed E-state index contributed by atoms with van der Waals surface area (Å²) >= 11 is 0. The first-order valence-electron chi connectivity index (χ1n) is 10.6. The van der Waals surface area contributed by atoms with Crippen molar-refractivity contribution in [2.45, 2.75) is 38.5 Å². The van der Waals surface area contributed by atoms with Crippen molar-refractivity contribution < 1.29 is 12.3 Å². The van der Waals surface area contributed by atoms with E-state index in [-0.39, 0.29) is 17.2 Å². The van der Waals surface area contributed by atoms with Gasteiger partial charge in [0.2, 0.25) is 17.8 Å². The van der Waals surface area contributed by atoms with E-state index >= 15 is 0 Å². The molecule has 0 aromatic carbocycles. The second kappa shape index (κ2) is 7.31. The fourth-order valence-electron chi connectivity index (χ4n) is 4.34. The largest absolute Gasteiger partial charge is 0.338 e. The number of anilines is 1. The van der Waals surface area contributed by atoms with Gasteiger partial charge in [0.15, 0.2) is 0 Å². The molecule has 1 saturated carbocycles. The summed E-state index contributed by atoms with van der Waals surface area (Å²) in [4.78, 5) is 38.8. The van der Waals surface area contributed by atoms with E-state index in [1.807, 2.05) is 9.80 Å². The van der Waals surface area contributed by atoms with Crippen molar-refractivity contribution in [2.75, 3.05) is 44.1 Å². The zero-order valence-electron chi connectivity index (χ0n) is 17.0. The van der Waals surface area contributed by atoms with Crippen molar-refractivity contribution in [3.05, 3.63) is 18.5 Å². The first kappa shape index (κ1) is 15.1. The van der Waals surface area contributed by atoms with Crippen LogP contribution in [0.15, 0.2) is 18.5 Å². The zero-order valence-corrected chi connectivity index (χ0v) is 15.0. The number of amides is 2. The third-order valence-corrected chi connectivity index (χ3v) is 5.83. The van der Waals surface area contributed by atoms with Crippen LogP contribution in [0.3, 0.4) is 0 Å². The minimum Gasteiger partial charge on any atom is -0.338 e. The number of imide groups is 1. The molecule has 0 bridgehead atoms. The highest BCUT2D eigenvalue weighted by Crippen LogP contribution is 2.46. The molecular formula is C19H27N5O2. The summed E-state index contributed by atoms with van der Waals surface area (Å²) in [6.07, 6.45) is 8.09. The average molecular weight is 361 g/mol. The molecule has 1 aromatic heterocycles. The monoisotopic (exact) mass is 361 g/mol. The van der Waals surface area contributed by atoms with Crippen molar-refractivity contribution in [3.8, 4) is 0 Å². The van der Waals surface area contributed by atoms with Gasteiger partial charge in [-0.2, -0.15) is 0 Å². The van der Waals surface area contributed by atoms with E-state index in [2.05, 4.69) is 9.97 Å². The van der Waals surface area contributed by atoms with Crippen LogP contribution in [0.5, 0.6) is 0 Å². The van der Waals surface area contributed by atoms with E-state index in [0.717, 1.165) is 30.6 Å². The Hall–Kier alpha value is -2.02. The quantitative estimate of drug-likeness (QED) is 0.753. The number of nitrogens with zero attached hydrogens (tertiary/aromatic N) is 5. The number of piperidine rings is 1. The third kappa shape index (κ3) is 3.58. The van der Waals surface area contributed by atoms with Gasteiger partial charge < -0.3 is 4.90 Å². The Bertz CT molecular complexity index is 700. The number of hydrogen-bond acceptors (Lipinski definition) is 6. The van der Waals surface area contributed by atoms with Gasteiger partial charge in [-0.3, -0.25) is 19.4 Å². The molecule has 7 nitrogen and oxygen atoms in total. The molecule has 2 amide bonds. The van der Waals surface area contributed by atoms with Gasteiger partial charge in [0.25, 0.3) is 0 Å². The Kier molecular flexibility index (Phi) is 4.24. The van der Waals surface area contributed by atoms with Crippen LogP contribution in [-0.2, 0) is 9.59 Å². The van der Waals surface area contributed by atoms with Crippen LogP contribution in [-0.4, -0.2) is 70.8 Å². The van der Waals surface area contributed by atoms with Crippen LogP contribution < -0.4 is 4.90 Å². The number of carbonyl (C=O) groups is 2. The highest BCUT2D eigenvalue weighted by molar-refractivity contribution is 5.98. The van der Waals surface area contributed by atoms with E-state index in [4.69, 9.17) is 2.74 Å². The minimum absolute atomic E-state index is 0.177. The molecule has 3 aliphatic rings. The summed E-state index contributed by atoms with van der Waals surface area (Å²) in [6.45, 7) is 0.320. The standard InChI is InChI=1S/C19H27N5O2/c25-16-14-19(4-1-2-5-19)15-17(26)24(16)13-10-22-8-11-23(12-9-22)18-20-6-3-7-21-18/h3,6-7H,1-2,4-5,8-15H2/i10T,13T. The van der Waals surface area contributed by atoms with E-state index in [1.165, 1.54) is 0 Å². The molecule has 2 atom stereocenters. The molecule has 26 heavy (non-hydrogen) atoms. The fourth-order valence-corrected chi connectivity index (χ4v) is 4.34. The normalized spacial score (nSPS) is 27.4. The smallest absolute Gasteiger partial charge is 0.229 e. The summed E-state index contributed by atoms with van der Waals surface area (Å²) < 4.78 is 17.0. The van der Waals surface area contributed by atoms with Crippen LogP contribution in [0.25, 0.3) is 0 Å². The fraction of sp³-hybridized carbons (Fsp3) is 0.684. The van der Waals surface area contributed by atoms with Crippen molar-refractivity contribution in [1.82, 2.24) is 19.8 Å². The summed E-state index contributed by atoms with van der Waals surface area (Å²) in [7, 11) is 0. The van der Waals surface area contributed by atoms with Gasteiger partial charge in [0.1, 0.15) is 0 Å². The molecule has 4 rings (SSSR count). The molecule has 0 N–H and O–H groups in total. The Morgan fingerprint density at radius 1 is 0.962 bits per heavy atom. The summed E-state index contributed by atoms with van der Waals surface area (Å²) in [5.41, 5.74) is -0.177. The molecule has 2 saturated heterocycles. The maximum absolute atomic E-state index is 12.7. The van der Waals surface area contributed by atoms with Gasteiger partial charge >= 0.3 is 0 Å². The van der Waals surface area contributed by atoms with E-state index in [9.17, 15) is 9.59 Å². The SMILES string of the molecule is [3H]C(C([3H])N1C(=O)CC2(CCCC2)CC1=O)N1CCN(c2ncccn2)CC1. The highest BCUT2D eigenvalue weighted by atomic mass is 16.2. The minimum atomic E-state index is -1.18. The maximum atomic E-state index is 12.7. The second-order valence-corrected chi connectivity index (χ2v) is 7.59. The van der Waals surface area contributed by atoms with Crippen LogP contribution >= 0.6 is 0 Å². The lowest BCUT2D eigenvalue weighted by molar-refractivity contribution is -0.153. The lowest BCUT2D eigenvalue weighted by Crippen LogP contribution is -2.52. The maximum Gasteiger partial charge on any atom is 0.229 e. The van der Waals surface area contributed by atoms with Crippen molar-refractivity contribution in [2.24, 2.45) is 5.41 Å². The number of likely N-dealkylation sites (tertiary alicyclic amines) is 1. The molecule has 1 aliphatic carbocycles. The predicted octanol–water partition coefficient (Wildman–Crippen LogP) is 1.31. The van der Waals surface area contributed by atoms with E-state index < -0.39 is 13.0 Å². The topological polar surface area (TPSA) is 69.6 Å². The molecule has 7 heteroatoms. The summed E-state index contributed by atoms with van der Waals surface area (Å²) in [6, 6.07) is 1.77. The van der Waals surface area contributed by atoms with Gasteiger partial charge in [0.05, 0.1) is 1.37 Å².